The molecule has 1 aliphatic carbocycles. The highest BCUT2D eigenvalue weighted by molar-refractivity contribution is 5.73. The zero-order valence-corrected chi connectivity index (χ0v) is 22.6. The molecule has 0 heterocycles. The van der Waals surface area contributed by atoms with E-state index in [9.17, 15) is 4.79 Å². The number of carbonyl (C=O) groups is 1. The van der Waals surface area contributed by atoms with Crippen molar-refractivity contribution in [2.24, 2.45) is 5.92 Å². The molecule has 0 fully saturated rings. The van der Waals surface area contributed by atoms with Gasteiger partial charge in [0, 0.05) is 0 Å². The fourth-order valence-corrected chi connectivity index (χ4v) is 5.34. The van der Waals surface area contributed by atoms with Gasteiger partial charge >= 0.3 is 5.97 Å². The van der Waals surface area contributed by atoms with Crippen molar-refractivity contribution in [3.8, 4) is 22.6 Å². The first kappa shape index (κ1) is 27.0. The number of benzene rings is 3. The van der Waals surface area contributed by atoms with E-state index in [0.717, 1.165) is 30.8 Å². The van der Waals surface area contributed by atoms with Crippen molar-refractivity contribution in [2.45, 2.75) is 84.0 Å². The van der Waals surface area contributed by atoms with E-state index in [4.69, 9.17) is 9.47 Å². The van der Waals surface area contributed by atoms with Gasteiger partial charge in [0.1, 0.15) is 11.5 Å². The predicted molar refractivity (Wildman–Crippen MR) is 152 cm³/mol. The summed E-state index contributed by atoms with van der Waals surface area (Å²) in [5, 5.41) is 0. The molecule has 3 aromatic rings. The van der Waals surface area contributed by atoms with Crippen molar-refractivity contribution in [3.63, 3.8) is 0 Å². The van der Waals surface area contributed by atoms with Crippen LogP contribution in [0.25, 0.3) is 11.1 Å². The lowest BCUT2D eigenvalue weighted by Crippen LogP contribution is -2.23. The molecule has 0 saturated heterocycles. The van der Waals surface area contributed by atoms with Crippen molar-refractivity contribution in [1.82, 2.24) is 0 Å². The van der Waals surface area contributed by atoms with Crippen molar-refractivity contribution in [2.75, 3.05) is 7.11 Å². The fourth-order valence-electron chi connectivity index (χ4n) is 5.34. The molecule has 1 aliphatic rings. The van der Waals surface area contributed by atoms with Gasteiger partial charge in [0.05, 0.1) is 13.0 Å². The van der Waals surface area contributed by atoms with Gasteiger partial charge in [-0.1, -0.05) is 94.3 Å². The summed E-state index contributed by atoms with van der Waals surface area (Å²) in [4.78, 5) is 11.9. The van der Waals surface area contributed by atoms with Crippen LogP contribution in [0.1, 0.15) is 81.4 Å². The molecule has 37 heavy (non-hydrogen) atoms. The molecule has 1 unspecified atom stereocenters. The number of hydrogen-bond acceptors (Lipinski definition) is 3. The summed E-state index contributed by atoms with van der Waals surface area (Å²) in [7, 11) is 1.47. The Morgan fingerprint density at radius 3 is 2.05 bits per heavy atom. The average molecular weight is 499 g/mol. The van der Waals surface area contributed by atoms with E-state index in [1.807, 2.05) is 18.2 Å². The van der Waals surface area contributed by atoms with E-state index >= 15 is 0 Å². The molecular formula is C34H42O3. The number of fused-ring (bicyclic) bond motifs is 1. The molecule has 3 heteroatoms. The number of methoxy groups -OCH3 is 1. The molecule has 0 bridgehead atoms. The number of aryl methyl sites for hydroxylation is 2. The summed E-state index contributed by atoms with van der Waals surface area (Å²) < 4.78 is 11.1. The average Bonchev–Trinajstić information content (AvgIpc) is 2.94. The van der Waals surface area contributed by atoms with Gasteiger partial charge in [-0.2, -0.15) is 0 Å². The highest BCUT2D eigenvalue weighted by Crippen LogP contribution is 2.32. The van der Waals surface area contributed by atoms with Crippen LogP contribution in [0.3, 0.4) is 0 Å². The monoisotopic (exact) mass is 498 g/mol. The zero-order chi connectivity index (χ0) is 25.9. The Balaban J connectivity index is 1.25. The SMILES string of the molecule is CCCCCCCCCCc1ccc(-c2ccc(Oc3ccc4c(c3)CCC(C(=O)OC)C4)cc2)cc1. The Labute approximate surface area is 223 Å². The summed E-state index contributed by atoms with van der Waals surface area (Å²) in [5.74, 6) is 1.53. The first-order chi connectivity index (χ1) is 18.2. The summed E-state index contributed by atoms with van der Waals surface area (Å²) in [6.45, 7) is 2.28. The molecule has 0 saturated carbocycles. The Kier molecular flexibility index (Phi) is 10.2. The lowest BCUT2D eigenvalue weighted by Gasteiger charge is -2.23. The van der Waals surface area contributed by atoms with Crippen LogP contribution in [0.15, 0.2) is 66.7 Å². The zero-order valence-electron chi connectivity index (χ0n) is 22.6. The normalized spacial score (nSPS) is 14.7. The van der Waals surface area contributed by atoms with E-state index in [-0.39, 0.29) is 11.9 Å². The van der Waals surface area contributed by atoms with Gasteiger partial charge in [0.2, 0.25) is 0 Å². The second-order valence-corrected chi connectivity index (χ2v) is 10.4. The van der Waals surface area contributed by atoms with Crippen LogP contribution >= 0.6 is 0 Å². The summed E-state index contributed by atoms with van der Waals surface area (Å²) in [6, 6.07) is 23.6. The number of hydrogen-bond donors (Lipinski definition) is 0. The maximum atomic E-state index is 11.9. The second-order valence-electron chi connectivity index (χ2n) is 10.4. The molecule has 0 N–H and O–H groups in total. The van der Waals surface area contributed by atoms with Gasteiger partial charge in [-0.3, -0.25) is 4.79 Å². The van der Waals surface area contributed by atoms with E-state index < -0.39 is 0 Å². The molecule has 0 spiro atoms. The first-order valence-corrected chi connectivity index (χ1v) is 14.2. The molecule has 196 valence electrons. The van der Waals surface area contributed by atoms with E-state index in [0.29, 0.717) is 0 Å². The molecule has 3 aromatic carbocycles. The Bertz CT molecular complexity index is 1110. The lowest BCUT2D eigenvalue weighted by molar-refractivity contribution is -0.145. The van der Waals surface area contributed by atoms with Crippen LogP contribution in [-0.4, -0.2) is 13.1 Å². The molecule has 4 rings (SSSR count). The Morgan fingerprint density at radius 1 is 0.757 bits per heavy atom. The molecule has 0 amide bonds. The van der Waals surface area contributed by atoms with Crippen molar-refractivity contribution < 1.29 is 14.3 Å². The number of carbonyl (C=O) groups excluding carboxylic acids is 1. The fraction of sp³-hybridized carbons (Fsp3) is 0.441. The highest BCUT2D eigenvalue weighted by Gasteiger charge is 2.25. The molecule has 0 aliphatic heterocycles. The minimum atomic E-state index is -0.107. The van der Waals surface area contributed by atoms with Crippen LogP contribution in [0.4, 0.5) is 0 Å². The third-order valence-electron chi connectivity index (χ3n) is 7.64. The molecule has 3 nitrogen and oxygen atoms in total. The Morgan fingerprint density at radius 2 is 1.38 bits per heavy atom. The van der Waals surface area contributed by atoms with Gasteiger partial charge in [-0.05, 0) is 84.2 Å². The number of esters is 1. The first-order valence-electron chi connectivity index (χ1n) is 14.2. The lowest BCUT2D eigenvalue weighted by atomic mass is 9.84. The largest absolute Gasteiger partial charge is 0.469 e. The van der Waals surface area contributed by atoms with Crippen molar-refractivity contribution in [3.05, 3.63) is 83.4 Å². The van der Waals surface area contributed by atoms with Crippen LogP contribution in [0.5, 0.6) is 11.5 Å². The van der Waals surface area contributed by atoms with Gasteiger partial charge in [-0.25, -0.2) is 0 Å². The maximum Gasteiger partial charge on any atom is 0.309 e. The third-order valence-corrected chi connectivity index (χ3v) is 7.64. The Hall–Kier alpha value is -3.07. The van der Waals surface area contributed by atoms with Gasteiger partial charge in [0.15, 0.2) is 0 Å². The summed E-state index contributed by atoms with van der Waals surface area (Å²) in [5.41, 5.74) is 6.35. The maximum absolute atomic E-state index is 11.9. The molecule has 0 aromatic heterocycles. The molecule has 0 radical (unpaired) electrons. The molecular weight excluding hydrogens is 456 g/mol. The minimum absolute atomic E-state index is 0.0315. The smallest absolute Gasteiger partial charge is 0.309 e. The van der Waals surface area contributed by atoms with E-state index in [1.54, 1.807) is 0 Å². The van der Waals surface area contributed by atoms with Crippen LogP contribution in [0.2, 0.25) is 0 Å². The third kappa shape index (κ3) is 7.95. The van der Waals surface area contributed by atoms with E-state index in [2.05, 4.69) is 55.5 Å². The number of unbranched alkanes of at least 4 members (excludes halogenated alkanes) is 7. The van der Waals surface area contributed by atoms with Crippen molar-refractivity contribution in [1.29, 1.82) is 0 Å². The van der Waals surface area contributed by atoms with E-state index in [1.165, 1.54) is 92.7 Å². The van der Waals surface area contributed by atoms with Crippen LogP contribution in [0, 0.1) is 5.92 Å². The molecule has 1 atom stereocenters. The van der Waals surface area contributed by atoms with Gasteiger partial charge in [0.25, 0.3) is 0 Å². The second kappa shape index (κ2) is 14.0. The predicted octanol–water partition coefficient (Wildman–Crippen LogP) is 9.11. The standard InChI is InChI=1S/C34H42O3/c1-3-4-5-6-7-8-9-10-11-26-12-14-27(15-13-26)28-18-21-32(22-19-28)37-33-23-20-29-24-31(34(35)36-2)17-16-30(29)25-33/h12-15,18-23,25,31H,3-11,16-17,24H2,1-2H3. The topological polar surface area (TPSA) is 35.5 Å². The quantitative estimate of drug-likeness (QED) is 0.174. The summed E-state index contributed by atoms with van der Waals surface area (Å²) >= 11 is 0. The highest BCUT2D eigenvalue weighted by atomic mass is 16.5. The number of ether oxygens (including phenoxy) is 2. The van der Waals surface area contributed by atoms with Crippen LogP contribution in [-0.2, 0) is 28.8 Å². The van der Waals surface area contributed by atoms with Gasteiger partial charge < -0.3 is 9.47 Å². The van der Waals surface area contributed by atoms with Crippen molar-refractivity contribution >= 4 is 5.97 Å². The number of rotatable bonds is 13. The van der Waals surface area contributed by atoms with Gasteiger partial charge in [-0.15, -0.1) is 0 Å². The van der Waals surface area contributed by atoms with Crippen LogP contribution < -0.4 is 4.74 Å². The summed E-state index contributed by atoms with van der Waals surface area (Å²) in [6.07, 6.45) is 14.5. The minimum Gasteiger partial charge on any atom is -0.469 e.